The summed E-state index contributed by atoms with van der Waals surface area (Å²) < 4.78 is 0.949. The first-order chi connectivity index (χ1) is 12.5. The molecule has 0 radical (unpaired) electrons. The van der Waals surface area contributed by atoms with Crippen LogP contribution in [-0.2, 0) is 4.79 Å². The molecule has 7 heteroatoms. The molecule has 2 N–H and O–H groups in total. The van der Waals surface area contributed by atoms with Crippen molar-refractivity contribution in [3.8, 4) is 0 Å². The Morgan fingerprint density at radius 2 is 1.96 bits per heavy atom. The Morgan fingerprint density at radius 3 is 2.69 bits per heavy atom. The highest BCUT2D eigenvalue weighted by atomic mass is 79.9. The second kappa shape index (κ2) is 8.31. The van der Waals surface area contributed by atoms with Crippen LogP contribution in [0.5, 0.6) is 0 Å². The van der Waals surface area contributed by atoms with Gasteiger partial charge in [0, 0.05) is 35.1 Å². The molecule has 0 atom stereocenters. The second-order valence-electron chi connectivity index (χ2n) is 6.28. The van der Waals surface area contributed by atoms with Gasteiger partial charge in [-0.25, -0.2) is 0 Å². The molecule has 1 fully saturated rings. The number of hydrogen-bond acceptors (Lipinski definition) is 4. The molecule has 2 amide bonds. The molecule has 0 saturated carbocycles. The van der Waals surface area contributed by atoms with Crippen LogP contribution in [0.1, 0.15) is 28.9 Å². The summed E-state index contributed by atoms with van der Waals surface area (Å²) in [4.78, 5) is 30.8. The molecule has 0 spiro atoms. The third-order valence-electron chi connectivity index (χ3n) is 4.32. The number of rotatable bonds is 5. The number of carbonyl (C=O) groups is 2. The van der Waals surface area contributed by atoms with Crippen molar-refractivity contribution in [2.75, 3.05) is 29.9 Å². The summed E-state index contributed by atoms with van der Waals surface area (Å²) >= 11 is 3.39. The minimum atomic E-state index is -0.353. The first kappa shape index (κ1) is 18.4. The van der Waals surface area contributed by atoms with Gasteiger partial charge in [0.05, 0.1) is 6.54 Å². The zero-order valence-electron chi connectivity index (χ0n) is 14.6. The maximum Gasteiger partial charge on any atom is 0.270 e. The van der Waals surface area contributed by atoms with Crippen LogP contribution in [0.4, 0.5) is 11.4 Å². The van der Waals surface area contributed by atoms with Crippen molar-refractivity contribution >= 4 is 39.1 Å². The fourth-order valence-electron chi connectivity index (χ4n) is 2.93. The first-order valence-corrected chi connectivity index (χ1v) is 9.37. The van der Waals surface area contributed by atoms with Crippen molar-refractivity contribution in [2.24, 2.45) is 0 Å². The van der Waals surface area contributed by atoms with E-state index in [1.54, 1.807) is 12.3 Å². The smallest absolute Gasteiger partial charge is 0.270 e. The molecule has 1 aromatic carbocycles. The van der Waals surface area contributed by atoms with E-state index in [4.69, 9.17) is 0 Å². The third kappa shape index (κ3) is 4.60. The largest absolute Gasteiger partial charge is 0.371 e. The van der Waals surface area contributed by atoms with Crippen molar-refractivity contribution < 1.29 is 9.59 Å². The van der Waals surface area contributed by atoms with E-state index in [9.17, 15) is 9.59 Å². The van der Waals surface area contributed by atoms with E-state index in [-0.39, 0.29) is 18.4 Å². The van der Waals surface area contributed by atoms with Gasteiger partial charge >= 0.3 is 0 Å². The number of aryl methyl sites for hydroxylation is 1. The molecule has 0 unspecified atom stereocenters. The maximum absolute atomic E-state index is 12.3. The Balaban J connectivity index is 1.56. The molecule has 0 aliphatic carbocycles. The number of benzene rings is 1. The number of halogens is 1. The number of nitrogens with one attached hydrogen (secondary N) is 2. The Bertz CT molecular complexity index is 819. The van der Waals surface area contributed by atoms with E-state index < -0.39 is 0 Å². The minimum Gasteiger partial charge on any atom is -0.371 e. The Labute approximate surface area is 161 Å². The molecular formula is C19H21BrN4O2. The van der Waals surface area contributed by atoms with Gasteiger partial charge in [-0.3, -0.25) is 14.6 Å². The predicted octanol–water partition coefficient (Wildman–Crippen LogP) is 3.12. The summed E-state index contributed by atoms with van der Waals surface area (Å²) in [6, 6.07) is 9.28. The van der Waals surface area contributed by atoms with Gasteiger partial charge in [-0.15, -0.1) is 0 Å². The van der Waals surface area contributed by atoms with Crippen LogP contribution in [0, 0.1) is 6.92 Å². The van der Waals surface area contributed by atoms with Crippen LogP contribution in [0.15, 0.2) is 41.0 Å². The number of nitrogens with zero attached hydrogens (tertiary/aromatic N) is 2. The summed E-state index contributed by atoms with van der Waals surface area (Å²) in [5, 5.41) is 5.42. The maximum atomic E-state index is 12.3. The summed E-state index contributed by atoms with van der Waals surface area (Å²) in [5.41, 5.74) is 2.99. The lowest BCUT2D eigenvalue weighted by Gasteiger charge is -2.17. The quantitative estimate of drug-likeness (QED) is 0.784. The van der Waals surface area contributed by atoms with Gasteiger partial charge in [0.25, 0.3) is 5.91 Å². The van der Waals surface area contributed by atoms with Gasteiger partial charge in [0.15, 0.2) is 0 Å². The number of aromatic nitrogens is 1. The summed E-state index contributed by atoms with van der Waals surface area (Å²) in [5.74, 6) is -0.631. The zero-order chi connectivity index (χ0) is 18.5. The average Bonchev–Trinajstić information content (AvgIpc) is 3.17. The van der Waals surface area contributed by atoms with E-state index in [1.165, 1.54) is 12.8 Å². The molecule has 1 saturated heterocycles. The summed E-state index contributed by atoms with van der Waals surface area (Å²) in [6.07, 6.45) is 3.97. The van der Waals surface area contributed by atoms with Crippen molar-refractivity contribution in [1.29, 1.82) is 0 Å². The van der Waals surface area contributed by atoms with E-state index in [2.05, 4.69) is 36.4 Å². The first-order valence-electron chi connectivity index (χ1n) is 8.58. The number of anilines is 2. The van der Waals surface area contributed by atoms with Gasteiger partial charge in [-0.1, -0.05) is 15.9 Å². The van der Waals surface area contributed by atoms with Crippen LogP contribution in [0.3, 0.4) is 0 Å². The standard InChI is InChI=1S/C19H21BrN4O2/c1-13-10-14(20)4-5-16(13)23-18(25)12-22-19(26)17-11-15(6-7-21-17)24-8-2-3-9-24/h4-7,10-11H,2-3,8-9,12H2,1H3,(H,22,26)(H,23,25). The minimum absolute atomic E-state index is 0.107. The molecule has 1 aliphatic heterocycles. The van der Waals surface area contributed by atoms with Gasteiger partial charge in [-0.2, -0.15) is 0 Å². The van der Waals surface area contributed by atoms with Crippen molar-refractivity contribution in [3.63, 3.8) is 0 Å². The van der Waals surface area contributed by atoms with Gasteiger partial charge in [-0.05, 0) is 55.7 Å². The van der Waals surface area contributed by atoms with Crippen LogP contribution in [0.2, 0.25) is 0 Å². The molecule has 1 aromatic heterocycles. The Kier molecular flexibility index (Phi) is 5.88. The SMILES string of the molecule is Cc1cc(Br)ccc1NC(=O)CNC(=O)c1cc(N2CCCC2)ccn1. The van der Waals surface area contributed by atoms with E-state index in [0.717, 1.165) is 34.5 Å². The molecule has 26 heavy (non-hydrogen) atoms. The van der Waals surface area contributed by atoms with E-state index in [0.29, 0.717) is 5.69 Å². The third-order valence-corrected chi connectivity index (χ3v) is 4.81. The van der Waals surface area contributed by atoms with Crippen LogP contribution >= 0.6 is 15.9 Å². The molecule has 0 bridgehead atoms. The van der Waals surface area contributed by atoms with Crippen molar-refractivity contribution in [2.45, 2.75) is 19.8 Å². The summed E-state index contributed by atoms with van der Waals surface area (Å²) in [7, 11) is 0. The monoisotopic (exact) mass is 416 g/mol. The number of carbonyl (C=O) groups excluding carboxylic acids is 2. The molecule has 6 nitrogen and oxygen atoms in total. The molecule has 2 aromatic rings. The highest BCUT2D eigenvalue weighted by Gasteiger charge is 2.15. The van der Waals surface area contributed by atoms with Gasteiger partial charge < -0.3 is 15.5 Å². The lowest BCUT2D eigenvalue weighted by Crippen LogP contribution is -2.33. The fraction of sp³-hybridized carbons (Fsp3) is 0.316. The lowest BCUT2D eigenvalue weighted by atomic mass is 10.2. The van der Waals surface area contributed by atoms with Gasteiger partial charge in [0.1, 0.15) is 5.69 Å². The second-order valence-corrected chi connectivity index (χ2v) is 7.20. The number of amides is 2. The predicted molar refractivity (Wildman–Crippen MR) is 106 cm³/mol. The van der Waals surface area contributed by atoms with Crippen molar-refractivity contribution in [3.05, 3.63) is 52.3 Å². The lowest BCUT2D eigenvalue weighted by molar-refractivity contribution is -0.115. The topological polar surface area (TPSA) is 74.3 Å². The van der Waals surface area contributed by atoms with Crippen LogP contribution < -0.4 is 15.5 Å². The van der Waals surface area contributed by atoms with Crippen LogP contribution in [0.25, 0.3) is 0 Å². The highest BCUT2D eigenvalue weighted by Crippen LogP contribution is 2.21. The molecular weight excluding hydrogens is 396 g/mol. The van der Waals surface area contributed by atoms with Crippen LogP contribution in [-0.4, -0.2) is 36.4 Å². The Morgan fingerprint density at radius 1 is 1.19 bits per heavy atom. The molecule has 2 heterocycles. The zero-order valence-corrected chi connectivity index (χ0v) is 16.2. The summed E-state index contributed by atoms with van der Waals surface area (Å²) in [6.45, 7) is 3.80. The Hall–Kier alpha value is -2.41. The normalized spacial score (nSPS) is 13.5. The molecule has 1 aliphatic rings. The van der Waals surface area contributed by atoms with E-state index in [1.807, 2.05) is 31.2 Å². The number of pyridine rings is 1. The highest BCUT2D eigenvalue weighted by molar-refractivity contribution is 9.10. The average molecular weight is 417 g/mol. The van der Waals surface area contributed by atoms with Crippen molar-refractivity contribution in [1.82, 2.24) is 10.3 Å². The molecule has 136 valence electrons. The molecule has 3 rings (SSSR count). The van der Waals surface area contributed by atoms with Gasteiger partial charge in [0.2, 0.25) is 5.91 Å². The fourth-order valence-corrected chi connectivity index (χ4v) is 3.40. The van der Waals surface area contributed by atoms with E-state index >= 15 is 0 Å². The number of hydrogen-bond donors (Lipinski definition) is 2.